The van der Waals surface area contributed by atoms with Crippen LogP contribution in [0.5, 0.6) is 0 Å². The number of carboxylic acids is 1. The molecule has 142 valence electrons. The van der Waals surface area contributed by atoms with Gasteiger partial charge in [-0.05, 0) is 46.8 Å². The van der Waals surface area contributed by atoms with Gasteiger partial charge in [0.25, 0.3) is 16.1 Å². The molecule has 0 saturated heterocycles. The molecule has 1 atom stereocenters. The van der Waals surface area contributed by atoms with E-state index in [1.165, 1.54) is 12.1 Å². The molecule has 0 aliphatic carbocycles. The zero-order valence-corrected chi connectivity index (χ0v) is 16.2. The molecule has 0 radical (unpaired) electrons. The summed E-state index contributed by atoms with van der Waals surface area (Å²) >= 11 is 0. The third-order valence-corrected chi connectivity index (χ3v) is 3.89. The molecule has 0 heterocycles. The summed E-state index contributed by atoms with van der Waals surface area (Å²) in [6.45, 7) is 9.52. The van der Waals surface area contributed by atoms with Crippen molar-refractivity contribution in [2.24, 2.45) is 5.92 Å². The molecule has 0 fully saturated rings. The van der Waals surface area contributed by atoms with Crippen LogP contribution in [-0.2, 0) is 28.6 Å². The van der Waals surface area contributed by atoms with Crippen molar-refractivity contribution in [2.75, 3.05) is 6.61 Å². The maximum absolute atomic E-state index is 12.0. The van der Waals surface area contributed by atoms with Crippen LogP contribution in [0.15, 0.2) is 29.2 Å². The quantitative estimate of drug-likeness (QED) is 0.624. The Balaban J connectivity index is 0.00000129. The van der Waals surface area contributed by atoms with Gasteiger partial charge in [0.15, 0.2) is 0 Å². The van der Waals surface area contributed by atoms with Crippen molar-refractivity contribution in [3.8, 4) is 0 Å². The molecule has 1 rings (SSSR count). The highest BCUT2D eigenvalue weighted by atomic mass is 32.2. The largest absolute Gasteiger partial charge is 0.481 e. The Morgan fingerprint density at radius 2 is 1.60 bits per heavy atom. The SMILES string of the molecule is CC(=O)O.Cc1ccc(S(=O)(=O)OCC(C)C(=O)OC(C)(C)C)cc1. The lowest BCUT2D eigenvalue weighted by Gasteiger charge is -2.22. The topological polar surface area (TPSA) is 107 Å². The van der Waals surface area contributed by atoms with Gasteiger partial charge < -0.3 is 9.84 Å². The van der Waals surface area contributed by atoms with Crippen molar-refractivity contribution in [3.63, 3.8) is 0 Å². The monoisotopic (exact) mass is 374 g/mol. The van der Waals surface area contributed by atoms with Crippen LogP contribution < -0.4 is 0 Å². The molecule has 7 nitrogen and oxygen atoms in total. The number of hydrogen-bond donors (Lipinski definition) is 1. The lowest BCUT2D eigenvalue weighted by Crippen LogP contribution is -2.30. The fourth-order valence-electron chi connectivity index (χ4n) is 1.44. The smallest absolute Gasteiger partial charge is 0.311 e. The van der Waals surface area contributed by atoms with Gasteiger partial charge in [0.05, 0.1) is 17.4 Å². The summed E-state index contributed by atoms with van der Waals surface area (Å²) in [6, 6.07) is 6.33. The highest BCUT2D eigenvalue weighted by Gasteiger charge is 2.24. The molecule has 8 heteroatoms. The Kier molecular flexibility index (Phi) is 8.79. The maximum Gasteiger partial charge on any atom is 0.311 e. The minimum atomic E-state index is -3.86. The number of carbonyl (C=O) groups excluding carboxylic acids is 1. The van der Waals surface area contributed by atoms with Crippen LogP contribution in [-0.4, -0.2) is 37.7 Å². The van der Waals surface area contributed by atoms with Gasteiger partial charge >= 0.3 is 5.97 Å². The van der Waals surface area contributed by atoms with Crippen LogP contribution in [0.25, 0.3) is 0 Å². The molecule has 0 aliphatic rings. The van der Waals surface area contributed by atoms with Crippen LogP contribution in [0.3, 0.4) is 0 Å². The molecular weight excluding hydrogens is 348 g/mol. The predicted octanol–water partition coefficient (Wildman–Crippen LogP) is 2.77. The second kappa shape index (κ2) is 9.53. The molecule has 1 aromatic rings. The summed E-state index contributed by atoms with van der Waals surface area (Å²) in [5, 5.41) is 7.42. The Morgan fingerprint density at radius 1 is 1.16 bits per heavy atom. The van der Waals surface area contributed by atoms with Gasteiger partial charge in [-0.2, -0.15) is 8.42 Å². The first-order chi connectivity index (χ1) is 11.2. The highest BCUT2D eigenvalue weighted by molar-refractivity contribution is 7.86. The highest BCUT2D eigenvalue weighted by Crippen LogP contribution is 2.16. The molecule has 1 unspecified atom stereocenters. The molecule has 0 bridgehead atoms. The van der Waals surface area contributed by atoms with E-state index in [0.29, 0.717) is 0 Å². The standard InChI is InChI=1S/C15H22O5S.C2H4O2/c1-11-6-8-13(9-7-11)21(17,18)19-10-12(2)14(16)20-15(3,4)5;1-2(3)4/h6-9,12H,10H2,1-5H3;1H3,(H,3,4). The van der Waals surface area contributed by atoms with Gasteiger partial charge in [0.2, 0.25) is 0 Å². The van der Waals surface area contributed by atoms with Gasteiger partial charge in [0.1, 0.15) is 5.60 Å². The molecule has 0 aromatic heterocycles. The Hall–Kier alpha value is -1.93. The number of benzene rings is 1. The van der Waals surface area contributed by atoms with Crippen LogP contribution in [0.2, 0.25) is 0 Å². The average molecular weight is 374 g/mol. The molecule has 0 saturated carbocycles. The molecule has 1 N–H and O–H groups in total. The fourth-order valence-corrected chi connectivity index (χ4v) is 2.42. The lowest BCUT2D eigenvalue weighted by atomic mass is 10.1. The zero-order chi connectivity index (χ0) is 19.8. The summed E-state index contributed by atoms with van der Waals surface area (Å²) in [6.07, 6.45) is 0. The number of esters is 1. The van der Waals surface area contributed by atoms with E-state index in [1.54, 1.807) is 39.8 Å². The van der Waals surface area contributed by atoms with Crippen LogP contribution in [0.1, 0.15) is 40.2 Å². The van der Waals surface area contributed by atoms with E-state index in [9.17, 15) is 13.2 Å². The van der Waals surface area contributed by atoms with E-state index < -0.39 is 33.6 Å². The van der Waals surface area contributed by atoms with E-state index >= 15 is 0 Å². The van der Waals surface area contributed by atoms with Crippen molar-refractivity contribution < 1.29 is 32.0 Å². The second-order valence-electron chi connectivity index (χ2n) is 6.51. The molecule has 25 heavy (non-hydrogen) atoms. The molecule has 0 spiro atoms. The van der Waals surface area contributed by atoms with Gasteiger partial charge in [-0.15, -0.1) is 0 Å². The number of hydrogen-bond acceptors (Lipinski definition) is 6. The minimum Gasteiger partial charge on any atom is -0.481 e. The van der Waals surface area contributed by atoms with Gasteiger partial charge in [-0.3, -0.25) is 13.8 Å². The molecule has 0 aliphatic heterocycles. The third-order valence-electron chi connectivity index (χ3n) is 2.59. The van der Waals surface area contributed by atoms with Crippen LogP contribution >= 0.6 is 0 Å². The van der Waals surface area contributed by atoms with E-state index in [-0.39, 0.29) is 11.5 Å². The Bertz CT molecular complexity index is 666. The minimum absolute atomic E-state index is 0.0736. The zero-order valence-electron chi connectivity index (χ0n) is 15.4. The van der Waals surface area contributed by atoms with Crippen molar-refractivity contribution in [1.29, 1.82) is 0 Å². The summed E-state index contributed by atoms with van der Waals surface area (Å²) in [4.78, 5) is 20.8. The van der Waals surface area contributed by atoms with Crippen LogP contribution in [0, 0.1) is 12.8 Å². The van der Waals surface area contributed by atoms with Crippen molar-refractivity contribution in [2.45, 2.75) is 52.0 Å². The first-order valence-corrected chi connectivity index (χ1v) is 9.04. The van der Waals surface area contributed by atoms with Gasteiger partial charge in [0, 0.05) is 6.92 Å². The Morgan fingerprint density at radius 3 is 2.00 bits per heavy atom. The third kappa shape index (κ3) is 10.5. The Labute approximate surface area is 149 Å². The van der Waals surface area contributed by atoms with Crippen LogP contribution in [0.4, 0.5) is 0 Å². The number of aliphatic carboxylic acids is 1. The first kappa shape index (κ1) is 23.1. The number of ether oxygens (including phenoxy) is 1. The van der Waals surface area contributed by atoms with E-state index in [1.807, 2.05) is 6.92 Å². The van der Waals surface area contributed by atoms with E-state index in [0.717, 1.165) is 12.5 Å². The number of aryl methyl sites for hydroxylation is 1. The van der Waals surface area contributed by atoms with Crippen molar-refractivity contribution >= 4 is 22.1 Å². The normalized spacial score (nSPS) is 12.6. The lowest BCUT2D eigenvalue weighted by molar-refractivity contribution is -0.160. The summed E-state index contributed by atoms with van der Waals surface area (Å²) < 4.78 is 34.1. The maximum atomic E-state index is 12.0. The van der Waals surface area contributed by atoms with Crippen molar-refractivity contribution in [3.05, 3.63) is 29.8 Å². The summed E-state index contributed by atoms with van der Waals surface area (Å²) in [5.41, 5.74) is 0.345. The molecule has 0 amide bonds. The first-order valence-electron chi connectivity index (χ1n) is 7.63. The number of carboxylic acid groups (broad SMARTS) is 1. The van der Waals surface area contributed by atoms with E-state index in [4.69, 9.17) is 18.8 Å². The van der Waals surface area contributed by atoms with Gasteiger partial charge in [-0.1, -0.05) is 17.7 Å². The molecular formula is C17H26O7S. The van der Waals surface area contributed by atoms with E-state index in [2.05, 4.69) is 0 Å². The van der Waals surface area contributed by atoms with Crippen molar-refractivity contribution in [1.82, 2.24) is 0 Å². The number of rotatable bonds is 5. The summed E-state index contributed by atoms with van der Waals surface area (Å²) in [5.74, 6) is -1.98. The van der Waals surface area contributed by atoms with Gasteiger partial charge in [-0.25, -0.2) is 0 Å². The fraction of sp³-hybridized carbons (Fsp3) is 0.529. The predicted molar refractivity (Wildman–Crippen MR) is 92.6 cm³/mol. The average Bonchev–Trinajstić information content (AvgIpc) is 2.43. The second-order valence-corrected chi connectivity index (χ2v) is 8.12. The number of carbonyl (C=O) groups is 2. The summed E-state index contributed by atoms with van der Waals surface area (Å²) in [7, 11) is -3.86. The molecule has 1 aromatic carbocycles.